The van der Waals surface area contributed by atoms with Gasteiger partial charge in [0.05, 0.1) is 16.1 Å². The van der Waals surface area contributed by atoms with Crippen LogP contribution in [0.25, 0.3) is 0 Å². The number of cyclic esters (lactones) is 1. The first-order chi connectivity index (χ1) is 7.49. The van der Waals surface area contributed by atoms with E-state index in [1.165, 1.54) is 0 Å². The standard InChI is InChI=1S/C13H24O2Si2/c1-9-11(16(3,4)5)13(17(6,7)8)10(2)15-12(13)14/h10H,1H2,2-8H3/t10?,13-/m1/s1. The topological polar surface area (TPSA) is 26.3 Å². The summed E-state index contributed by atoms with van der Waals surface area (Å²) in [6.45, 7) is 19.3. The Labute approximate surface area is 107 Å². The Kier molecular flexibility index (Phi) is 3.38. The van der Waals surface area contributed by atoms with Crippen molar-refractivity contribution in [3.05, 3.63) is 17.5 Å². The third kappa shape index (κ3) is 1.88. The van der Waals surface area contributed by atoms with Crippen LogP contribution in [0.3, 0.4) is 0 Å². The molecule has 0 aromatic heterocycles. The molecule has 0 saturated carbocycles. The molecule has 17 heavy (non-hydrogen) atoms. The fraction of sp³-hybridized carbons (Fsp3) is 0.692. The van der Waals surface area contributed by atoms with Crippen molar-refractivity contribution in [2.24, 2.45) is 0 Å². The SMILES string of the molecule is C=C=C([C@@]1([Si](C)(C)C)C(=O)OC1C)[Si](C)(C)C. The van der Waals surface area contributed by atoms with Crippen molar-refractivity contribution in [3.8, 4) is 0 Å². The highest BCUT2D eigenvalue weighted by molar-refractivity contribution is 6.91. The van der Waals surface area contributed by atoms with E-state index in [2.05, 4.69) is 51.6 Å². The molecule has 0 N–H and O–H groups in total. The van der Waals surface area contributed by atoms with Gasteiger partial charge in [0, 0.05) is 0 Å². The van der Waals surface area contributed by atoms with Gasteiger partial charge in [0.2, 0.25) is 0 Å². The van der Waals surface area contributed by atoms with E-state index in [4.69, 9.17) is 4.74 Å². The molecule has 2 nitrogen and oxygen atoms in total. The second-order valence-corrected chi connectivity index (χ2v) is 17.2. The molecule has 0 aliphatic carbocycles. The van der Waals surface area contributed by atoms with Crippen LogP contribution in [0.5, 0.6) is 0 Å². The third-order valence-corrected chi connectivity index (χ3v) is 9.27. The van der Waals surface area contributed by atoms with Gasteiger partial charge in [-0.1, -0.05) is 45.9 Å². The molecule has 2 atom stereocenters. The lowest BCUT2D eigenvalue weighted by molar-refractivity contribution is -0.175. The summed E-state index contributed by atoms with van der Waals surface area (Å²) < 4.78 is 5.29. The minimum absolute atomic E-state index is 0.0161. The third-order valence-electron chi connectivity index (χ3n) is 3.72. The molecule has 1 unspecified atom stereocenters. The number of carbonyl (C=O) groups is 1. The van der Waals surface area contributed by atoms with E-state index >= 15 is 0 Å². The highest BCUT2D eigenvalue weighted by Gasteiger charge is 2.66. The van der Waals surface area contributed by atoms with Gasteiger partial charge in [-0.15, -0.1) is 5.73 Å². The molecule has 1 rings (SSSR count). The molecule has 4 heteroatoms. The van der Waals surface area contributed by atoms with Gasteiger partial charge in [-0.2, -0.15) is 0 Å². The van der Waals surface area contributed by atoms with E-state index in [1.54, 1.807) is 0 Å². The first-order valence-corrected chi connectivity index (χ1v) is 13.1. The number of hydrogen-bond acceptors (Lipinski definition) is 2. The summed E-state index contributed by atoms with van der Waals surface area (Å²) in [4.78, 5) is 12.2. The summed E-state index contributed by atoms with van der Waals surface area (Å²) in [7, 11) is -3.33. The molecule has 0 amide bonds. The van der Waals surface area contributed by atoms with Crippen LogP contribution in [0.2, 0.25) is 44.3 Å². The fourth-order valence-electron chi connectivity index (χ4n) is 3.04. The van der Waals surface area contributed by atoms with E-state index in [-0.39, 0.29) is 17.1 Å². The van der Waals surface area contributed by atoms with E-state index in [0.717, 1.165) is 5.20 Å². The van der Waals surface area contributed by atoms with Crippen LogP contribution >= 0.6 is 0 Å². The maximum absolute atomic E-state index is 12.2. The van der Waals surface area contributed by atoms with Gasteiger partial charge in [-0.25, -0.2) is 0 Å². The number of ether oxygens (including phenoxy) is 1. The van der Waals surface area contributed by atoms with Gasteiger partial charge in [0.1, 0.15) is 11.1 Å². The molecule has 1 saturated heterocycles. The van der Waals surface area contributed by atoms with Crippen LogP contribution < -0.4 is 0 Å². The molecule has 0 radical (unpaired) electrons. The maximum Gasteiger partial charge on any atom is 0.317 e. The van der Waals surface area contributed by atoms with Crippen LogP contribution in [0, 0.1) is 0 Å². The van der Waals surface area contributed by atoms with Crippen molar-refractivity contribution >= 4 is 22.1 Å². The van der Waals surface area contributed by atoms with Crippen molar-refractivity contribution in [1.82, 2.24) is 0 Å². The smallest absolute Gasteiger partial charge is 0.317 e. The second-order valence-electron chi connectivity index (χ2n) is 6.91. The first-order valence-electron chi connectivity index (χ1n) is 6.11. The average molecular weight is 269 g/mol. The molecule has 0 spiro atoms. The summed E-state index contributed by atoms with van der Waals surface area (Å²) in [6.07, 6.45) is -0.0161. The van der Waals surface area contributed by atoms with E-state index in [1.807, 2.05) is 6.92 Å². The summed E-state index contributed by atoms with van der Waals surface area (Å²) in [5, 5.41) is 0.770. The molecule has 1 aliphatic rings. The number of hydrogen-bond donors (Lipinski definition) is 0. The van der Waals surface area contributed by atoms with E-state index in [0.29, 0.717) is 0 Å². The molecular weight excluding hydrogens is 244 g/mol. The van der Waals surface area contributed by atoms with Gasteiger partial charge in [0.15, 0.2) is 0 Å². The molecule has 0 bridgehead atoms. The Morgan fingerprint density at radius 3 is 1.88 bits per heavy atom. The maximum atomic E-state index is 12.2. The first kappa shape index (κ1) is 14.5. The summed E-state index contributed by atoms with van der Waals surface area (Å²) in [5.41, 5.74) is 3.11. The van der Waals surface area contributed by atoms with Crippen LogP contribution in [-0.4, -0.2) is 28.2 Å². The van der Waals surface area contributed by atoms with E-state index < -0.39 is 16.1 Å². The van der Waals surface area contributed by atoms with Gasteiger partial charge in [-0.05, 0) is 12.1 Å². The molecule has 96 valence electrons. The highest BCUT2D eigenvalue weighted by Crippen LogP contribution is 2.58. The van der Waals surface area contributed by atoms with Crippen molar-refractivity contribution in [3.63, 3.8) is 0 Å². The van der Waals surface area contributed by atoms with Crippen LogP contribution in [0.4, 0.5) is 0 Å². The molecule has 1 heterocycles. The van der Waals surface area contributed by atoms with Crippen LogP contribution in [0.15, 0.2) is 17.5 Å². The zero-order chi connectivity index (χ0) is 13.6. The predicted molar refractivity (Wildman–Crippen MR) is 77.6 cm³/mol. The van der Waals surface area contributed by atoms with Crippen molar-refractivity contribution in [1.29, 1.82) is 0 Å². The summed E-state index contributed by atoms with van der Waals surface area (Å²) in [6, 6.07) is 0. The molecule has 1 fully saturated rings. The Morgan fingerprint density at radius 2 is 1.76 bits per heavy atom. The number of esters is 1. The number of carbonyl (C=O) groups excluding carboxylic acids is 1. The molecule has 0 aromatic rings. The zero-order valence-corrected chi connectivity index (χ0v) is 14.1. The minimum Gasteiger partial charge on any atom is -0.461 e. The van der Waals surface area contributed by atoms with Crippen molar-refractivity contribution in [2.45, 2.75) is 57.3 Å². The Bertz CT molecular complexity index is 395. The van der Waals surface area contributed by atoms with Gasteiger partial charge in [-0.3, -0.25) is 4.79 Å². The Balaban J connectivity index is 3.48. The quantitative estimate of drug-likeness (QED) is 0.444. The van der Waals surface area contributed by atoms with Gasteiger partial charge < -0.3 is 4.74 Å². The zero-order valence-electron chi connectivity index (χ0n) is 12.1. The fourth-order valence-corrected chi connectivity index (χ4v) is 10.1. The largest absolute Gasteiger partial charge is 0.461 e. The monoisotopic (exact) mass is 268 g/mol. The van der Waals surface area contributed by atoms with Crippen LogP contribution in [0.1, 0.15) is 6.92 Å². The lowest BCUT2D eigenvalue weighted by atomic mass is 9.96. The van der Waals surface area contributed by atoms with E-state index in [9.17, 15) is 4.79 Å². The summed E-state index contributed by atoms with van der Waals surface area (Å²) >= 11 is 0. The second kappa shape index (κ2) is 3.97. The summed E-state index contributed by atoms with van der Waals surface area (Å²) in [5.74, 6) is -0.0438. The lowest BCUT2D eigenvalue weighted by Gasteiger charge is -2.55. The molecule has 0 aromatic carbocycles. The molecule has 1 aliphatic heterocycles. The molecular formula is C13H24O2Si2. The Morgan fingerprint density at radius 1 is 1.29 bits per heavy atom. The van der Waals surface area contributed by atoms with Gasteiger partial charge >= 0.3 is 5.97 Å². The number of rotatable bonds is 3. The van der Waals surface area contributed by atoms with Crippen molar-refractivity contribution in [2.75, 3.05) is 0 Å². The minimum atomic E-state index is -1.72. The predicted octanol–water partition coefficient (Wildman–Crippen LogP) is 3.60. The van der Waals surface area contributed by atoms with Crippen molar-refractivity contribution < 1.29 is 9.53 Å². The lowest BCUT2D eigenvalue weighted by Crippen LogP contribution is -2.65. The Hall–Kier alpha value is -0.576. The average Bonchev–Trinajstić information content (AvgIpc) is 2.09. The normalized spacial score (nSPS) is 29.1. The van der Waals surface area contributed by atoms with Gasteiger partial charge in [0.25, 0.3) is 0 Å². The highest BCUT2D eigenvalue weighted by atomic mass is 28.3. The van der Waals surface area contributed by atoms with Crippen LogP contribution in [-0.2, 0) is 9.53 Å².